The Hall–Kier alpha value is -3.61. The number of carbonyl (C=O) groups excluding carboxylic acids is 1. The number of H-pyrrole nitrogens is 1. The van der Waals surface area contributed by atoms with E-state index in [4.69, 9.17) is 33.2 Å². The predicted octanol–water partition coefficient (Wildman–Crippen LogP) is 3.30. The van der Waals surface area contributed by atoms with Crippen molar-refractivity contribution >= 4 is 29.1 Å². The second-order valence-electron chi connectivity index (χ2n) is 8.24. The molecule has 0 radical (unpaired) electrons. The fourth-order valence-corrected chi connectivity index (χ4v) is 4.45. The van der Waals surface area contributed by atoms with E-state index in [0.717, 1.165) is 23.2 Å². The quantitative estimate of drug-likeness (QED) is 0.576. The largest absolute Gasteiger partial charge is 0.454 e. The number of aromatic nitrogens is 3. The molecule has 9 nitrogen and oxygen atoms in total. The van der Waals surface area contributed by atoms with Gasteiger partial charge in [-0.3, -0.25) is 14.6 Å². The first-order valence-corrected chi connectivity index (χ1v) is 11.3. The number of aromatic amines is 1. The lowest BCUT2D eigenvalue weighted by atomic mass is 9.98. The van der Waals surface area contributed by atoms with Crippen LogP contribution in [0.2, 0.25) is 10.0 Å². The number of ether oxygens (including phenoxy) is 1. The Bertz CT molecular complexity index is 1460. The summed E-state index contributed by atoms with van der Waals surface area (Å²) in [4.78, 5) is 40.5. The van der Waals surface area contributed by atoms with Crippen molar-refractivity contribution in [3.8, 4) is 23.3 Å². The Kier molecular flexibility index (Phi) is 5.63. The van der Waals surface area contributed by atoms with Crippen LogP contribution < -0.4 is 16.0 Å². The van der Waals surface area contributed by atoms with Crippen molar-refractivity contribution in [2.45, 2.75) is 19.3 Å². The molecule has 5 rings (SSSR count). The third-order valence-electron chi connectivity index (χ3n) is 5.80. The Morgan fingerprint density at radius 1 is 1.15 bits per heavy atom. The van der Waals surface area contributed by atoms with Crippen LogP contribution in [-0.4, -0.2) is 38.7 Å². The number of hydrogen-bond donors (Lipinski definition) is 1. The first-order valence-electron chi connectivity index (χ1n) is 10.6. The SMILES string of the molecule is N#Cc1nn(-c2cc(Cl)c(Oc3ccc4c(c3)CCN(CC3CC3)C4=O)c(Cl)c2)c(=O)[nH]c1=O. The van der Waals surface area contributed by atoms with Gasteiger partial charge < -0.3 is 9.64 Å². The molecule has 1 aliphatic heterocycles. The van der Waals surface area contributed by atoms with Crippen LogP contribution in [0.5, 0.6) is 11.5 Å². The van der Waals surface area contributed by atoms with E-state index in [1.54, 1.807) is 24.3 Å². The van der Waals surface area contributed by atoms with Crippen molar-refractivity contribution in [2.75, 3.05) is 13.1 Å². The minimum atomic E-state index is -0.887. The molecular formula is C23H17Cl2N5O4. The van der Waals surface area contributed by atoms with Crippen molar-refractivity contribution in [2.24, 2.45) is 5.92 Å². The molecule has 172 valence electrons. The average molecular weight is 498 g/mol. The van der Waals surface area contributed by atoms with E-state index >= 15 is 0 Å². The first-order chi connectivity index (χ1) is 16.3. The van der Waals surface area contributed by atoms with Crippen LogP contribution in [0.1, 0.15) is 34.5 Å². The zero-order valence-electron chi connectivity index (χ0n) is 17.7. The zero-order valence-corrected chi connectivity index (χ0v) is 19.2. The molecule has 2 heterocycles. The second kappa shape index (κ2) is 8.63. The van der Waals surface area contributed by atoms with E-state index in [1.165, 1.54) is 25.0 Å². The summed E-state index contributed by atoms with van der Waals surface area (Å²) in [5.41, 5.74) is -0.504. The van der Waals surface area contributed by atoms with E-state index in [9.17, 15) is 14.4 Å². The molecule has 0 saturated heterocycles. The van der Waals surface area contributed by atoms with Crippen molar-refractivity contribution in [1.29, 1.82) is 5.26 Å². The van der Waals surface area contributed by atoms with Gasteiger partial charge in [-0.25, -0.2) is 4.79 Å². The molecule has 1 aromatic heterocycles. The van der Waals surface area contributed by atoms with E-state index in [1.807, 2.05) is 9.88 Å². The second-order valence-corrected chi connectivity index (χ2v) is 9.05. The molecule has 0 unspecified atom stereocenters. The number of benzene rings is 2. The molecule has 1 amide bonds. The minimum Gasteiger partial charge on any atom is -0.454 e. The first kappa shape index (κ1) is 22.2. The van der Waals surface area contributed by atoms with E-state index in [0.29, 0.717) is 23.8 Å². The van der Waals surface area contributed by atoms with Gasteiger partial charge in [0.15, 0.2) is 5.75 Å². The summed E-state index contributed by atoms with van der Waals surface area (Å²) < 4.78 is 6.74. The van der Waals surface area contributed by atoms with Crippen LogP contribution in [0.15, 0.2) is 39.9 Å². The summed E-state index contributed by atoms with van der Waals surface area (Å²) in [5.74, 6) is 1.29. The maximum atomic E-state index is 12.8. The van der Waals surface area contributed by atoms with Gasteiger partial charge in [-0.15, -0.1) is 5.10 Å². The summed E-state index contributed by atoms with van der Waals surface area (Å²) in [6, 6.07) is 9.62. The van der Waals surface area contributed by atoms with E-state index in [-0.39, 0.29) is 27.4 Å². The van der Waals surface area contributed by atoms with Gasteiger partial charge in [-0.1, -0.05) is 23.2 Å². The van der Waals surface area contributed by atoms with Crippen LogP contribution in [0.25, 0.3) is 5.69 Å². The normalized spacial score (nSPS) is 15.1. The van der Waals surface area contributed by atoms with Crippen LogP contribution >= 0.6 is 23.2 Å². The molecule has 1 aliphatic carbocycles. The molecule has 0 bridgehead atoms. The van der Waals surface area contributed by atoms with E-state index < -0.39 is 16.9 Å². The number of rotatable bonds is 5. The minimum absolute atomic E-state index is 0.0377. The van der Waals surface area contributed by atoms with Gasteiger partial charge in [0.1, 0.15) is 11.8 Å². The highest BCUT2D eigenvalue weighted by Crippen LogP contribution is 2.39. The number of halogens is 2. The number of nitrogens with one attached hydrogen (secondary N) is 1. The topological polar surface area (TPSA) is 121 Å². The molecule has 34 heavy (non-hydrogen) atoms. The van der Waals surface area contributed by atoms with Gasteiger partial charge >= 0.3 is 5.69 Å². The van der Waals surface area contributed by atoms with Gasteiger partial charge in [-0.2, -0.15) is 9.94 Å². The maximum Gasteiger partial charge on any atom is 0.349 e. The molecular weight excluding hydrogens is 481 g/mol. The molecule has 1 N–H and O–H groups in total. The van der Waals surface area contributed by atoms with Gasteiger partial charge in [0.05, 0.1) is 15.7 Å². The molecule has 3 aromatic rings. The Balaban J connectivity index is 1.42. The highest BCUT2D eigenvalue weighted by Gasteiger charge is 2.30. The van der Waals surface area contributed by atoms with Crippen molar-refractivity contribution in [1.82, 2.24) is 19.7 Å². The molecule has 1 saturated carbocycles. The average Bonchev–Trinajstić information content (AvgIpc) is 3.62. The van der Waals surface area contributed by atoms with Gasteiger partial charge in [0, 0.05) is 18.7 Å². The Morgan fingerprint density at radius 2 is 1.88 bits per heavy atom. The summed E-state index contributed by atoms with van der Waals surface area (Å²) in [6.07, 6.45) is 3.11. The number of nitrogens with zero attached hydrogens (tertiary/aromatic N) is 4. The van der Waals surface area contributed by atoms with E-state index in [2.05, 4.69) is 5.10 Å². The highest BCUT2D eigenvalue weighted by molar-refractivity contribution is 6.37. The fraction of sp³-hybridized carbons (Fsp3) is 0.261. The van der Waals surface area contributed by atoms with Crippen molar-refractivity contribution in [3.05, 3.63) is 78.0 Å². The monoisotopic (exact) mass is 497 g/mol. The van der Waals surface area contributed by atoms with Crippen LogP contribution in [-0.2, 0) is 6.42 Å². The lowest BCUT2D eigenvalue weighted by molar-refractivity contribution is 0.0731. The lowest BCUT2D eigenvalue weighted by Gasteiger charge is -2.29. The van der Waals surface area contributed by atoms with Gasteiger partial charge in [-0.05, 0) is 61.1 Å². The van der Waals surface area contributed by atoms with Crippen LogP contribution in [0.4, 0.5) is 0 Å². The number of nitriles is 1. The predicted molar refractivity (Wildman–Crippen MR) is 124 cm³/mol. The van der Waals surface area contributed by atoms with Gasteiger partial charge in [0.25, 0.3) is 11.5 Å². The molecule has 1 fully saturated rings. The number of amides is 1. The molecule has 0 atom stereocenters. The van der Waals surface area contributed by atoms with Gasteiger partial charge in [0.2, 0.25) is 5.69 Å². The maximum absolute atomic E-state index is 12.8. The lowest BCUT2D eigenvalue weighted by Crippen LogP contribution is -2.38. The molecule has 2 aliphatic rings. The van der Waals surface area contributed by atoms with Crippen molar-refractivity contribution in [3.63, 3.8) is 0 Å². The van der Waals surface area contributed by atoms with Crippen LogP contribution in [0, 0.1) is 17.2 Å². The third kappa shape index (κ3) is 4.18. The summed E-state index contributed by atoms with van der Waals surface area (Å²) in [6.45, 7) is 1.49. The summed E-state index contributed by atoms with van der Waals surface area (Å²) >= 11 is 12.8. The standard InChI is InChI=1S/C23H17Cl2N5O4/c24-17-8-14(30-23(33)27-21(31)19(10-26)28-30)9-18(25)20(17)34-15-3-4-16-13(7-15)5-6-29(22(16)32)11-12-1-2-12/h3-4,7-9,12H,1-2,5-6,11H2,(H,27,31,33). The summed E-state index contributed by atoms with van der Waals surface area (Å²) in [7, 11) is 0. The Labute approximate surface area is 203 Å². The highest BCUT2D eigenvalue weighted by atomic mass is 35.5. The van der Waals surface area contributed by atoms with Crippen molar-refractivity contribution < 1.29 is 9.53 Å². The smallest absolute Gasteiger partial charge is 0.349 e. The number of carbonyl (C=O) groups is 1. The molecule has 11 heteroatoms. The zero-order chi connectivity index (χ0) is 24.0. The summed E-state index contributed by atoms with van der Waals surface area (Å²) in [5, 5.41) is 12.9. The Morgan fingerprint density at radius 3 is 2.56 bits per heavy atom. The third-order valence-corrected chi connectivity index (χ3v) is 6.36. The van der Waals surface area contributed by atoms with Crippen LogP contribution in [0.3, 0.4) is 0 Å². The molecule has 2 aromatic carbocycles. The number of hydrogen-bond acceptors (Lipinski definition) is 6. The molecule has 0 spiro atoms. The fourth-order valence-electron chi connectivity index (χ4n) is 3.90. The number of fused-ring (bicyclic) bond motifs is 1.